The first kappa shape index (κ1) is 16.9. The summed E-state index contributed by atoms with van der Waals surface area (Å²) in [5, 5.41) is 6.41. The van der Waals surface area contributed by atoms with E-state index in [4.69, 9.17) is 12.2 Å². The van der Waals surface area contributed by atoms with Crippen LogP contribution < -0.4 is 10.6 Å². The monoisotopic (exact) mass is 343 g/mol. The number of hydrogen-bond donors (Lipinski definition) is 2. The number of hydrogen-bond acceptors (Lipinski definition) is 2. The quantitative estimate of drug-likeness (QED) is 0.805. The Balaban J connectivity index is 1.47. The fourth-order valence-electron chi connectivity index (χ4n) is 2.87. The minimum absolute atomic E-state index is 0.312. The lowest BCUT2D eigenvalue weighted by Gasteiger charge is -2.15. The molecule has 1 heterocycles. The lowest BCUT2D eigenvalue weighted by atomic mass is 10.1. The highest BCUT2D eigenvalue weighted by Crippen LogP contribution is 2.14. The lowest BCUT2D eigenvalue weighted by molar-refractivity contribution is 0.331. The van der Waals surface area contributed by atoms with Crippen molar-refractivity contribution < 1.29 is 4.39 Å². The second kappa shape index (κ2) is 8.22. The van der Waals surface area contributed by atoms with Gasteiger partial charge < -0.3 is 10.6 Å². The average Bonchev–Trinajstić information content (AvgIpc) is 3.09. The third-order valence-corrected chi connectivity index (χ3v) is 4.45. The van der Waals surface area contributed by atoms with Gasteiger partial charge in [0.05, 0.1) is 5.69 Å². The van der Waals surface area contributed by atoms with Crippen molar-refractivity contribution in [3.63, 3.8) is 0 Å². The van der Waals surface area contributed by atoms with E-state index in [0.717, 1.165) is 12.1 Å². The van der Waals surface area contributed by atoms with E-state index in [1.54, 1.807) is 18.2 Å². The largest absolute Gasteiger partial charge is 0.358 e. The highest BCUT2D eigenvalue weighted by molar-refractivity contribution is 7.80. The molecule has 0 aromatic heterocycles. The van der Waals surface area contributed by atoms with Gasteiger partial charge in [0.1, 0.15) is 5.82 Å². The Kier molecular flexibility index (Phi) is 5.77. The zero-order valence-corrected chi connectivity index (χ0v) is 14.4. The maximum absolute atomic E-state index is 13.6. The topological polar surface area (TPSA) is 27.3 Å². The fourth-order valence-corrected chi connectivity index (χ4v) is 3.06. The molecule has 126 valence electrons. The molecule has 0 saturated carbocycles. The van der Waals surface area contributed by atoms with E-state index in [1.165, 1.54) is 37.6 Å². The van der Waals surface area contributed by atoms with Gasteiger partial charge in [-0.05, 0) is 61.4 Å². The molecule has 1 aliphatic heterocycles. The van der Waals surface area contributed by atoms with Crippen molar-refractivity contribution in [2.45, 2.75) is 25.9 Å². The van der Waals surface area contributed by atoms with Crippen LogP contribution >= 0.6 is 12.2 Å². The minimum atomic E-state index is -0.312. The van der Waals surface area contributed by atoms with E-state index in [0.29, 0.717) is 17.3 Å². The van der Waals surface area contributed by atoms with Gasteiger partial charge in [0.25, 0.3) is 0 Å². The Morgan fingerprint density at radius 3 is 2.38 bits per heavy atom. The van der Waals surface area contributed by atoms with Gasteiger partial charge in [0, 0.05) is 13.1 Å². The molecule has 3 rings (SSSR count). The smallest absolute Gasteiger partial charge is 0.171 e. The number of rotatable bonds is 5. The van der Waals surface area contributed by atoms with Crippen molar-refractivity contribution in [3.05, 3.63) is 65.5 Å². The molecule has 1 saturated heterocycles. The van der Waals surface area contributed by atoms with Crippen molar-refractivity contribution >= 4 is 23.0 Å². The average molecular weight is 343 g/mol. The molecule has 1 fully saturated rings. The first-order valence-electron chi connectivity index (χ1n) is 8.30. The summed E-state index contributed by atoms with van der Waals surface area (Å²) in [6.07, 6.45) is 2.63. The number of anilines is 1. The van der Waals surface area contributed by atoms with Crippen LogP contribution in [0.15, 0.2) is 48.5 Å². The van der Waals surface area contributed by atoms with E-state index in [9.17, 15) is 4.39 Å². The number of benzene rings is 2. The van der Waals surface area contributed by atoms with Crippen LogP contribution in [0, 0.1) is 5.82 Å². The molecule has 0 atom stereocenters. The van der Waals surface area contributed by atoms with Crippen molar-refractivity contribution in [2.24, 2.45) is 0 Å². The molecule has 0 radical (unpaired) electrons. The molecule has 0 bridgehead atoms. The Hall–Kier alpha value is -1.98. The van der Waals surface area contributed by atoms with Crippen LogP contribution in [0.4, 0.5) is 10.1 Å². The van der Waals surface area contributed by atoms with Gasteiger partial charge in [0.2, 0.25) is 0 Å². The SMILES string of the molecule is Fc1ccccc1NC(=S)NCc1ccc(CN2CCCC2)cc1. The van der Waals surface area contributed by atoms with Gasteiger partial charge in [-0.15, -0.1) is 0 Å². The van der Waals surface area contributed by atoms with Gasteiger partial charge in [-0.3, -0.25) is 4.90 Å². The molecule has 1 aliphatic rings. The van der Waals surface area contributed by atoms with Crippen LogP contribution in [0.2, 0.25) is 0 Å². The molecular formula is C19H22FN3S. The van der Waals surface area contributed by atoms with Crippen LogP contribution in [0.3, 0.4) is 0 Å². The van der Waals surface area contributed by atoms with Crippen molar-refractivity contribution in [1.29, 1.82) is 0 Å². The Labute approximate surface area is 147 Å². The Bertz CT molecular complexity index is 681. The number of nitrogens with zero attached hydrogens (tertiary/aromatic N) is 1. The maximum Gasteiger partial charge on any atom is 0.171 e. The molecule has 0 unspecified atom stereocenters. The summed E-state index contributed by atoms with van der Waals surface area (Å²) in [5.41, 5.74) is 2.88. The van der Waals surface area contributed by atoms with Gasteiger partial charge in [-0.1, -0.05) is 36.4 Å². The van der Waals surface area contributed by atoms with Gasteiger partial charge in [0.15, 0.2) is 5.11 Å². The van der Waals surface area contributed by atoms with Gasteiger partial charge in [-0.2, -0.15) is 0 Å². The molecule has 2 aromatic carbocycles. The molecule has 0 aliphatic carbocycles. The third-order valence-electron chi connectivity index (χ3n) is 4.20. The summed E-state index contributed by atoms with van der Waals surface area (Å²) in [4.78, 5) is 2.49. The number of halogens is 1. The first-order valence-corrected chi connectivity index (χ1v) is 8.71. The zero-order valence-electron chi connectivity index (χ0n) is 13.6. The summed E-state index contributed by atoms with van der Waals surface area (Å²) in [5.74, 6) is -0.312. The first-order chi connectivity index (χ1) is 11.7. The van der Waals surface area contributed by atoms with E-state index in [-0.39, 0.29) is 5.82 Å². The highest BCUT2D eigenvalue weighted by atomic mass is 32.1. The number of likely N-dealkylation sites (tertiary alicyclic amines) is 1. The normalized spacial score (nSPS) is 14.5. The maximum atomic E-state index is 13.6. The minimum Gasteiger partial charge on any atom is -0.358 e. The van der Waals surface area contributed by atoms with E-state index in [2.05, 4.69) is 39.8 Å². The molecule has 3 nitrogen and oxygen atoms in total. The summed E-state index contributed by atoms with van der Waals surface area (Å²) >= 11 is 5.22. The van der Waals surface area contributed by atoms with Crippen LogP contribution in [-0.4, -0.2) is 23.1 Å². The second-order valence-corrected chi connectivity index (χ2v) is 6.50. The molecule has 0 amide bonds. The van der Waals surface area contributed by atoms with Crippen LogP contribution in [0.25, 0.3) is 0 Å². The van der Waals surface area contributed by atoms with Gasteiger partial charge >= 0.3 is 0 Å². The van der Waals surface area contributed by atoms with Crippen molar-refractivity contribution in [2.75, 3.05) is 18.4 Å². The predicted molar refractivity (Wildman–Crippen MR) is 100 cm³/mol. The van der Waals surface area contributed by atoms with Crippen molar-refractivity contribution in [1.82, 2.24) is 10.2 Å². The Morgan fingerprint density at radius 1 is 1.00 bits per heavy atom. The molecule has 2 aromatic rings. The van der Waals surface area contributed by atoms with E-state index >= 15 is 0 Å². The molecule has 24 heavy (non-hydrogen) atoms. The molecular weight excluding hydrogens is 321 g/mol. The summed E-state index contributed by atoms with van der Waals surface area (Å²) in [6, 6.07) is 15.1. The van der Waals surface area contributed by atoms with E-state index in [1.807, 2.05) is 0 Å². The third kappa shape index (κ3) is 4.76. The second-order valence-electron chi connectivity index (χ2n) is 6.09. The standard InChI is InChI=1S/C19H22FN3S/c20-17-5-1-2-6-18(17)22-19(24)21-13-15-7-9-16(10-8-15)14-23-11-3-4-12-23/h1-2,5-10H,3-4,11-14H2,(H2,21,22,24). The Morgan fingerprint density at radius 2 is 1.67 bits per heavy atom. The van der Waals surface area contributed by atoms with Crippen LogP contribution in [0.1, 0.15) is 24.0 Å². The van der Waals surface area contributed by atoms with Gasteiger partial charge in [-0.25, -0.2) is 4.39 Å². The molecule has 2 N–H and O–H groups in total. The summed E-state index contributed by atoms with van der Waals surface area (Å²) in [7, 11) is 0. The summed E-state index contributed by atoms with van der Waals surface area (Å²) < 4.78 is 13.6. The van der Waals surface area contributed by atoms with Crippen molar-refractivity contribution in [3.8, 4) is 0 Å². The number of nitrogens with one attached hydrogen (secondary N) is 2. The molecule has 5 heteroatoms. The zero-order chi connectivity index (χ0) is 16.8. The fraction of sp³-hybridized carbons (Fsp3) is 0.316. The lowest BCUT2D eigenvalue weighted by Crippen LogP contribution is -2.28. The number of para-hydroxylation sites is 1. The highest BCUT2D eigenvalue weighted by Gasteiger charge is 2.11. The van der Waals surface area contributed by atoms with Crippen LogP contribution in [0.5, 0.6) is 0 Å². The molecule has 0 spiro atoms. The predicted octanol–water partition coefficient (Wildman–Crippen LogP) is 3.91. The summed E-state index contributed by atoms with van der Waals surface area (Å²) in [6.45, 7) is 4.06. The van der Waals surface area contributed by atoms with E-state index < -0.39 is 0 Å². The van der Waals surface area contributed by atoms with Crippen LogP contribution in [-0.2, 0) is 13.1 Å². The number of thiocarbonyl (C=S) groups is 1.